The van der Waals surface area contributed by atoms with Gasteiger partial charge in [0.25, 0.3) is 0 Å². The van der Waals surface area contributed by atoms with Gasteiger partial charge in [-0.25, -0.2) is 9.78 Å². The zero-order chi connectivity index (χ0) is 15.0. The van der Waals surface area contributed by atoms with E-state index in [0.717, 1.165) is 30.1 Å². The number of nitrogens with zero attached hydrogens (tertiary/aromatic N) is 2. The fourth-order valence-electron chi connectivity index (χ4n) is 2.53. The summed E-state index contributed by atoms with van der Waals surface area (Å²) in [6.07, 6.45) is 0.997. The van der Waals surface area contributed by atoms with Gasteiger partial charge in [-0.15, -0.1) is 11.3 Å². The lowest BCUT2D eigenvalue weighted by atomic mass is 10.1. The lowest BCUT2D eigenvalue weighted by molar-refractivity contribution is 0.0697. The summed E-state index contributed by atoms with van der Waals surface area (Å²) in [5.74, 6) is -0.896. The number of aromatic nitrogens is 1. The highest BCUT2D eigenvalue weighted by atomic mass is 32.1. The van der Waals surface area contributed by atoms with Gasteiger partial charge in [-0.05, 0) is 26.0 Å². The third kappa shape index (κ3) is 2.84. The number of thiazole rings is 1. The number of aromatic carboxylic acids is 1. The lowest BCUT2D eigenvalue weighted by Gasteiger charge is -2.29. The molecule has 0 bridgehead atoms. The van der Waals surface area contributed by atoms with E-state index >= 15 is 0 Å². The largest absolute Gasteiger partial charge is 0.478 e. The molecule has 0 saturated carbocycles. The first-order valence-electron chi connectivity index (χ1n) is 7.11. The molecule has 0 radical (unpaired) electrons. The van der Waals surface area contributed by atoms with Crippen molar-refractivity contribution in [3.63, 3.8) is 0 Å². The van der Waals surface area contributed by atoms with Gasteiger partial charge in [0.2, 0.25) is 0 Å². The zero-order valence-corrected chi connectivity index (χ0v) is 13.0. The Morgan fingerprint density at radius 2 is 2.05 bits per heavy atom. The summed E-state index contributed by atoms with van der Waals surface area (Å²) in [6.45, 7) is 6.47. The summed E-state index contributed by atoms with van der Waals surface area (Å²) in [4.78, 5) is 19.4. The number of hydrogen-bond donors (Lipinski definition) is 1. The lowest BCUT2D eigenvalue weighted by Crippen LogP contribution is -2.35. The van der Waals surface area contributed by atoms with Gasteiger partial charge in [0.1, 0.15) is 5.01 Å². The Morgan fingerprint density at radius 1 is 1.33 bits per heavy atom. The average molecular weight is 302 g/mol. The second kappa shape index (κ2) is 5.58. The summed E-state index contributed by atoms with van der Waals surface area (Å²) >= 11 is 1.72. The van der Waals surface area contributed by atoms with Crippen molar-refractivity contribution in [1.82, 2.24) is 9.88 Å². The Bertz CT molecular complexity index is 661. The molecular weight excluding hydrogens is 284 g/mol. The van der Waals surface area contributed by atoms with Crippen LogP contribution in [0.3, 0.4) is 0 Å². The number of carboxylic acids is 1. The topological polar surface area (TPSA) is 53.4 Å². The number of rotatable bonds is 3. The van der Waals surface area contributed by atoms with E-state index in [-0.39, 0.29) is 0 Å². The van der Waals surface area contributed by atoms with E-state index in [2.05, 4.69) is 18.7 Å². The molecule has 0 spiro atoms. The maximum Gasteiger partial charge on any atom is 0.335 e. The van der Waals surface area contributed by atoms with Crippen molar-refractivity contribution in [3.05, 3.63) is 40.4 Å². The van der Waals surface area contributed by atoms with Crippen LogP contribution < -0.4 is 0 Å². The molecule has 1 aliphatic rings. The molecular formula is C16H18N2O2S. The second-order valence-corrected chi connectivity index (χ2v) is 6.67. The molecule has 0 unspecified atom stereocenters. The minimum atomic E-state index is -0.896. The van der Waals surface area contributed by atoms with Crippen LogP contribution in [-0.4, -0.2) is 33.5 Å². The highest BCUT2D eigenvalue weighted by Crippen LogP contribution is 2.32. The molecule has 21 heavy (non-hydrogen) atoms. The van der Waals surface area contributed by atoms with Crippen molar-refractivity contribution in [1.29, 1.82) is 0 Å². The smallest absolute Gasteiger partial charge is 0.335 e. The van der Waals surface area contributed by atoms with Crippen molar-refractivity contribution in [2.45, 2.75) is 32.9 Å². The quantitative estimate of drug-likeness (QED) is 0.945. The van der Waals surface area contributed by atoms with Gasteiger partial charge in [-0.1, -0.05) is 12.1 Å². The summed E-state index contributed by atoms with van der Waals surface area (Å²) < 4.78 is 0. The SMILES string of the molecule is CC(C)N1CCc2nc(-c3ccc(C(=O)O)cc3)sc2C1. The van der Waals surface area contributed by atoms with E-state index in [4.69, 9.17) is 10.1 Å². The molecule has 110 valence electrons. The maximum absolute atomic E-state index is 10.9. The van der Waals surface area contributed by atoms with E-state index in [1.54, 1.807) is 23.5 Å². The van der Waals surface area contributed by atoms with Crippen molar-refractivity contribution < 1.29 is 9.90 Å². The molecule has 1 aliphatic heterocycles. The van der Waals surface area contributed by atoms with Crippen LogP contribution in [0.2, 0.25) is 0 Å². The fraction of sp³-hybridized carbons (Fsp3) is 0.375. The first kappa shape index (κ1) is 14.2. The molecule has 0 aliphatic carbocycles. The van der Waals surface area contributed by atoms with Crippen LogP contribution in [0.4, 0.5) is 0 Å². The number of carboxylic acid groups (broad SMARTS) is 1. The van der Waals surface area contributed by atoms with Gasteiger partial charge in [0.15, 0.2) is 0 Å². The Morgan fingerprint density at radius 3 is 2.67 bits per heavy atom. The van der Waals surface area contributed by atoms with E-state index in [0.29, 0.717) is 11.6 Å². The number of carbonyl (C=O) groups is 1. The molecule has 4 nitrogen and oxygen atoms in total. The fourth-order valence-corrected chi connectivity index (χ4v) is 3.67. The third-order valence-electron chi connectivity index (χ3n) is 3.87. The highest BCUT2D eigenvalue weighted by Gasteiger charge is 2.22. The monoisotopic (exact) mass is 302 g/mol. The Kier molecular flexibility index (Phi) is 3.78. The summed E-state index contributed by atoms with van der Waals surface area (Å²) in [6, 6.07) is 7.51. The minimum absolute atomic E-state index is 0.311. The van der Waals surface area contributed by atoms with Gasteiger partial charge < -0.3 is 5.11 Å². The first-order valence-corrected chi connectivity index (χ1v) is 7.92. The van der Waals surface area contributed by atoms with Crippen molar-refractivity contribution in [2.24, 2.45) is 0 Å². The van der Waals surface area contributed by atoms with Crippen molar-refractivity contribution >= 4 is 17.3 Å². The molecule has 0 amide bonds. The van der Waals surface area contributed by atoms with Crippen LogP contribution >= 0.6 is 11.3 Å². The predicted molar refractivity (Wildman–Crippen MR) is 83.8 cm³/mol. The van der Waals surface area contributed by atoms with Crippen LogP contribution in [0.25, 0.3) is 10.6 Å². The summed E-state index contributed by atoms with van der Waals surface area (Å²) in [5, 5.41) is 9.93. The molecule has 1 aromatic carbocycles. The van der Waals surface area contributed by atoms with Gasteiger partial charge in [-0.3, -0.25) is 4.90 Å². The molecule has 1 aromatic heterocycles. The van der Waals surface area contributed by atoms with Crippen LogP contribution in [0, 0.1) is 0 Å². The number of benzene rings is 1. The Labute approximate surface area is 128 Å². The van der Waals surface area contributed by atoms with E-state index in [1.807, 2.05) is 12.1 Å². The predicted octanol–water partition coefficient (Wildman–Crippen LogP) is 3.27. The van der Waals surface area contributed by atoms with Crippen LogP contribution in [0.1, 0.15) is 34.8 Å². The van der Waals surface area contributed by atoms with E-state index in [9.17, 15) is 4.79 Å². The number of hydrogen-bond acceptors (Lipinski definition) is 4. The van der Waals surface area contributed by atoms with Crippen LogP contribution in [0.15, 0.2) is 24.3 Å². The standard InChI is InChI=1S/C16H18N2O2S/c1-10(2)18-8-7-13-14(9-18)21-15(17-13)11-3-5-12(6-4-11)16(19)20/h3-6,10H,7-9H2,1-2H3,(H,19,20). The molecule has 0 fully saturated rings. The maximum atomic E-state index is 10.9. The van der Waals surface area contributed by atoms with Gasteiger partial charge >= 0.3 is 5.97 Å². The van der Waals surface area contributed by atoms with Crippen molar-refractivity contribution in [3.8, 4) is 10.6 Å². The van der Waals surface area contributed by atoms with E-state index < -0.39 is 5.97 Å². The van der Waals surface area contributed by atoms with E-state index in [1.165, 1.54) is 10.6 Å². The number of fused-ring (bicyclic) bond motifs is 1. The van der Waals surface area contributed by atoms with Gasteiger partial charge in [0.05, 0.1) is 11.3 Å². The van der Waals surface area contributed by atoms with Gasteiger partial charge in [-0.2, -0.15) is 0 Å². The molecule has 1 N–H and O–H groups in total. The first-order chi connectivity index (χ1) is 10.0. The Balaban J connectivity index is 1.86. The summed E-state index contributed by atoms with van der Waals surface area (Å²) in [5.41, 5.74) is 2.51. The normalized spacial score (nSPS) is 15.2. The molecule has 0 atom stereocenters. The third-order valence-corrected chi connectivity index (χ3v) is 5.00. The summed E-state index contributed by atoms with van der Waals surface area (Å²) in [7, 11) is 0. The Hall–Kier alpha value is -1.72. The van der Waals surface area contributed by atoms with Gasteiger partial charge in [0, 0.05) is 36.0 Å². The van der Waals surface area contributed by atoms with Crippen LogP contribution in [-0.2, 0) is 13.0 Å². The second-order valence-electron chi connectivity index (χ2n) is 5.59. The molecule has 2 aromatic rings. The molecule has 5 heteroatoms. The molecule has 3 rings (SSSR count). The molecule has 0 saturated heterocycles. The highest BCUT2D eigenvalue weighted by molar-refractivity contribution is 7.15. The zero-order valence-electron chi connectivity index (χ0n) is 12.2. The minimum Gasteiger partial charge on any atom is -0.478 e. The molecule has 2 heterocycles. The average Bonchev–Trinajstić information content (AvgIpc) is 2.90. The van der Waals surface area contributed by atoms with Crippen LogP contribution in [0.5, 0.6) is 0 Å². The van der Waals surface area contributed by atoms with Crippen molar-refractivity contribution in [2.75, 3.05) is 6.54 Å².